The van der Waals surface area contributed by atoms with Crippen LogP contribution in [0.15, 0.2) is 10.9 Å². The second kappa shape index (κ2) is 7.88. The molecule has 2 aliphatic rings. The first-order valence-electron chi connectivity index (χ1n) is 9.26. The fourth-order valence-electron chi connectivity index (χ4n) is 3.65. The Bertz CT molecular complexity index is 737. The molecule has 1 fully saturated rings. The number of carbonyl (C=O) groups excluding carboxylic acids is 2. The third-order valence-electron chi connectivity index (χ3n) is 5.19. The van der Waals surface area contributed by atoms with Crippen LogP contribution in [0.5, 0.6) is 0 Å². The van der Waals surface area contributed by atoms with E-state index in [0.29, 0.717) is 32.5 Å². The number of carbonyl (C=O) groups is 2. The predicted octanol–water partition coefficient (Wildman–Crippen LogP) is 0.622. The van der Waals surface area contributed by atoms with Crippen LogP contribution in [0, 0.1) is 5.92 Å². The number of nitrogens with zero attached hydrogens (tertiary/aromatic N) is 3. The molecule has 0 radical (unpaired) electrons. The van der Waals surface area contributed by atoms with Crippen LogP contribution in [0.25, 0.3) is 0 Å². The average molecular weight is 362 g/mol. The standard InChI is InChI=1S/C18H26N4O4/c1-3-26-18(25)22-8-6-14(7-9-22)19-17(24)12-4-5-15-13(10-12)11-16(23)21(2)20-15/h11-12,14H,3-10H2,1-2H3,(H,19,24). The lowest BCUT2D eigenvalue weighted by Crippen LogP contribution is -2.48. The van der Waals surface area contributed by atoms with E-state index < -0.39 is 0 Å². The van der Waals surface area contributed by atoms with Gasteiger partial charge in [0.25, 0.3) is 5.56 Å². The van der Waals surface area contributed by atoms with Crippen molar-refractivity contribution in [2.45, 2.75) is 45.1 Å². The molecule has 0 spiro atoms. The van der Waals surface area contributed by atoms with E-state index in [4.69, 9.17) is 4.74 Å². The summed E-state index contributed by atoms with van der Waals surface area (Å²) in [6.07, 6.45) is 3.20. The number of aryl methyl sites for hydroxylation is 2. The van der Waals surface area contributed by atoms with E-state index in [1.165, 1.54) is 4.68 Å². The fraction of sp³-hybridized carbons (Fsp3) is 0.667. The molecule has 3 rings (SSSR count). The topological polar surface area (TPSA) is 93.5 Å². The molecule has 1 aliphatic carbocycles. The minimum Gasteiger partial charge on any atom is -0.450 e. The maximum Gasteiger partial charge on any atom is 0.409 e. The minimum absolute atomic E-state index is 0.0333. The molecule has 2 heterocycles. The third kappa shape index (κ3) is 4.05. The summed E-state index contributed by atoms with van der Waals surface area (Å²) in [4.78, 5) is 37.8. The van der Waals surface area contributed by atoms with Crippen LogP contribution in [-0.2, 0) is 29.4 Å². The largest absolute Gasteiger partial charge is 0.450 e. The Balaban J connectivity index is 1.52. The van der Waals surface area contributed by atoms with E-state index >= 15 is 0 Å². The van der Waals surface area contributed by atoms with Crippen molar-refractivity contribution in [2.75, 3.05) is 19.7 Å². The molecule has 1 saturated heterocycles. The highest BCUT2D eigenvalue weighted by molar-refractivity contribution is 5.79. The predicted molar refractivity (Wildman–Crippen MR) is 94.8 cm³/mol. The van der Waals surface area contributed by atoms with Gasteiger partial charge < -0.3 is 15.0 Å². The molecule has 1 unspecified atom stereocenters. The Hall–Kier alpha value is -2.38. The summed E-state index contributed by atoms with van der Waals surface area (Å²) in [6, 6.07) is 1.68. The Morgan fingerprint density at radius 3 is 2.73 bits per heavy atom. The van der Waals surface area contributed by atoms with Crippen molar-refractivity contribution in [3.63, 3.8) is 0 Å². The molecule has 1 atom stereocenters. The van der Waals surface area contributed by atoms with Crippen LogP contribution >= 0.6 is 0 Å². The Morgan fingerprint density at radius 1 is 1.31 bits per heavy atom. The molecule has 8 nitrogen and oxygen atoms in total. The van der Waals surface area contributed by atoms with Crippen molar-refractivity contribution < 1.29 is 14.3 Å². The Morgan fingerprint density at radius 2 is 2.04 bits per heavy atom. The van der Waals surface area contributed by atoms with Crippen molar-refractivity contribution in [1.82, 2.24) is 20.0 Å². The number of aromatic nitrogens is 2. The smallest absolute Gasteiger partial charge is 0.409 e. The molecular weight excluding hydrogens is 336 g/mol. The second-order valence-electron chi connectivity index (χ2n) is 6.99. The van der Waals surface area contributed by atoms with Crippen LogP contribution < -0.4 is 10.9 Å². The van der Waals surface area contributed by atoms with Gasteiger partial charge in [-0.1, -0.05) is 0 Å². The number of piperidine rings is 1. The van der Waals surface area contributed by atoms with Gasteiger partial charge in [0.1, 0.15) is 0 Å². The Kier molecular flexibility index (Phi) is 5.58. The molecular formula is C18H26N4O4. The van der Waals surface area contributed by atoms with E-state index in [1.54, 1.807) is 24.9 Å². The van der Waals surface area contributed by atoms with Gasteiger partial charge in [0.15, 0.2) is 0 Å². The average Bonchev–Trinajstić information content (AvgIpc) is 2.63. The molecule has 1 aliphatic heterocycles. The molecule has 1 N–H and O–H groups in total. The number of ether oxygens (including phenoxy) is 1. The summed E-state index contributed by atoms with van der Waals surface area (Å²) < 4.78 is 6.35. The molecule has 142 valence electrons. The van der Waals surface area contributed by atoms with Gasteiger partial charge in [-0.05, 0) is 44.6 Å². The van der Waals surface area contributed by atoms with Gasteiger partial charge in [0.2, 0.25) is 5.91 Å². The first kappa shape index (κ1) is 18.4. The number of hydrogen-bond acceptors (Lipinski definition) is 5. The summed E-state index contributed by atoms with van der Waals surface area (Å²) in [5.74, 6) is -0.0922. The van der Waals surface area contributed by atoms with Gasteiger partial charge in [0, 0.05) is 38.2 Å². The molecule has 26 heavy (non-hydrogen) atoms. The minimum atomic E-state index is -0.282. The highest BCUT2D eigenvalue weighted by Crippen LogP contribution is 2.23. The zero-order valence-corrected chi connectivity index (χ0v) is 15.4. The van der Waals surface area contributed by atoms with Crippen molar-refractivity contribution in [3.05, 3.63) is 27.7 Å². The molecule has 0 aromatic carbocycles. The third-order valence-corrected chi connectivity index (χ3v) is 5.19. The van der Waals surface area contributed by atoms with Gasteiger partial charge in [-0.2, -0.15) is 5.10 Å². The number of likely N-dealkylation sites (tertiary alicyclic amines) is 1. The number of nitrogens with one attached hydrogen (secondary N) is 1. The normalized spacial score (nSPS) is 20.4. The molecule has 8 heteroatoms. The number of rotatable bonds is 3. The quantitative estimate of drug-likeness (QED) is 0.851. The summed E-state index contributed by atoms with van der Waals surface area (Å²) in [6.45, 7) is 3.35. The number of amides is 2. The van der Waals surface area contributed by atoms with Crippen molar-refractivity contribution in [1.29, 1.82) is 0 Å². The molecule has 0 bridgehead atoms. The van der Waals surface area contributed by atoms with Crippen molar-refractivity contribution >= 4 is 12.0 Å². The van der Waals surface area contributed by atoms with Crippen LogP contribution in [-0.4, -0.2) is 52.4 Å². The van der Waals surface area contributed by atoms with Crippen molar-refractivity contribution in [2.24, 2.45) is 13.0 Å². The van der Waals surface area contributed by atoms with E-state index in [0.717, 1.165) is 30.5 Å². The number of fused-ring (bicyclic) bond motifs is 1. The summed E-state index contributed by atoms with van der Waals surface area (Å²) in [5.41, 5.74) is 1.66. The SMILES string of the molecule is CCOC(=O)N1CCC(NC(=O)C2CCc3nn(C)c(=O)cc3C2)CC1. The monoisotopic (exact) mass is 362 g/mol. The lowest BCUT2D eigenvalue weighted by atomic mass is 9.86. The summed E-state index contributed by atoms with van der Waals surface area (Å²) in [5, 5.41) is 7.40. The second-order valence-corrected chi connectivity index (χ2v) is 6.99. The van der Waals surface area contributed by atoms with Crippen LogP contribution in [0.1, 0.15) is 37.4 Å². The Labute approximate surface area is 152 Å². The first-order valence-corrected chi connectivity index (χ1v) is 9.26. The maximum atomic E-state index is 12.6. The lowest BCUT2D eigenvalue weighted by Gasteiger charge is -2.33. The summed E-state index contributed by atoms with van der Waals surface area (Å²) >= 11 is 0. The molecule has 0 saturated carbocycles. The van der Waals surface area contributed by atoms with Gasteiger partial charge in [-0.25, -0.2) is 9.48 Å². The number of hydrogen-bond donors (Lipinski definition) is 1. The summed E-state index contributed by atoms with van der Waals surface area (Å²) in [7, 11) is 1.64. The van der Waals surface area contributed by atoms with Gasteiger partial charge in [-0.15, -0.1) is 0 Å². The van der Waals surface area contributed by atoms with Crippen LogP contribution in [0.3, 0.4) is 0 Å². The molecule has 2 amide bonds. The van der Waals surface area contributed by atoms with E-state index in [1.807, 2.05) is 0 Å². The zero-order chi connectivity index (χ0) is 18.7. The highest BCUT2D eigenvalue weighted by atomic mass is 16.6. The first-order chi connectivity index (χ1) is 12.5. The van der Waals surface area contributed by atoms with Gasteiger partial charge in [0.05, 0.1) is 12.3 Å². The van der Waals surface area contributed by atoms with E-state index in [9.17, 15) is 14.4 Å². The van der Waals surface area contributed by atoms with E-state index in [-0.39, 0.29) is 29.5 Å². The lowest BCUT2D eigenvalue weighted by molar-refractivity contribution is -0.126. The van der Waals surface area contributed by atoms with Gasteiger partial charge in [-0.3, -0.25) is 9.59 Å². The fourth-order valence-corrected chi connectivity index (χ4v) is 3.65. The molecule has 1 aromatic rings. The van der Waals surface area contributed by atoms with Crippen LogP contribution in [0.2, 0.25) is 0 Å². The van der Waals surface area contributed by atoms with Gasteiger partial charge >= 0.3 is 6.09 Å². The van der Waals surface area contributed by atoms with Crippen molar-refractivity contribution in [3.8, 4) is 0 Å². The van der Waals surface area contributed by atoms with Crippen LogP contribution in [0.4, 0.5) is 4.79 Å². The highest BCUT2D eigenvalue weighted by Gasteiger charge is 2.29. The molecule has 1 aromatic heterocycles. The maximum absolute atomic E-state index is 12.6. The van der Waals surface area contributed by atoms with E-state index in [2.05, 4.69) is 10.4 Å². The zero-order valence-electron chi connectivity index (χ0n) is 15.4.